The first-order valence-corrected chi connectivity index (χ1v) is 9.58. The van der Waals surface area contributed by atoms with Crippen LogP contribution in [0.25, 0.3) is 0 Å². The van der Waals surface area contributed by atoms with Gasteiger partial charge in [-0.2, -0.15) is 0 Å². The molecule has 1 saturated heterocycles. The van der Waals surface area contributed by atoms with Gasteiger partial charge in [-0.1, -0.05) is 6.07 Å². The number of methoxy groups -OCH3 is 1. The Balaban J connectivity index is 1.68. The second-order valence-corrected chi connectivity index (χ2v) is 7.42. The van der Waals surface area contributed by atoms with E-state index in [-0.39, 0.29) is 11.8 Å². The molecule has 1 aliphatic heterocycles. The molecule has 1 aromatic heterocycles. The SMILES string of the molecule is COc1ccc(NC(C)=O)cc1NC(=O)C[NH+]1CCC[C@H]1c1cccs1. The maximum Gasteiger partial charge on any atom is 0.279 e. The Bertz CT molecular complexity index is 776. The summed E-state index contributed by atoms with van der Waals surface area (Å²) in [6, 6.07) is 9.81. The van der Waals surface area contributed by atoms with Gasteiger partial charge in [0.2, 0.25) is 5.91 Å². The molecule has 26 heavy (non-hydrogen) atoms. The molecular weight excluding hydrogens is 350 g/mol. The first kappa shape index (κ1) is 18.4. The van der Waals surface area contributed by atoms with Crippen LogP contribution in [0.5, 0.6) is 5.75 Å². The van der Waals surface area contributed by atoms with Crippen LogP contribution in [0, 0.1) is 0 Å². The molecule has 7 heteroatoms. The maximum absolute atomic E-state index is 12.6. The third-order valence-electron chi connectivity index (χ3n) is 4.55. The molecule has 1 aromatic carbocycles. The van der Waals surface area contributed by atoms with Gasteiger partial charge in [0.15, 0.2) is 6.54 Å². The molecule has 0 saturated carbocycles. The van der Waals surface area contributed by atoms with Crippen molar-refractivity contribution in [1.29, 1.82) is 0 Å². The van der Waals surface area contributed by atoms with E-state index in [0.29, 0.717) is 29.7 Å². The predicted octanol–water partition coefficient (Wildman–Crippen LogP) is 2.07. The van der Waals surface area contributed by atoms with Crippen molar-refractivity contribution in [3.63, 3.8) is 0 Å². The Morgan fingerprint density at radius 1 is 1.31 bits per heavy atom. The average Bonchev–Trinajstić information content (AvgIpc) is 3.25. The first-order valence-electron chi connectivity index (χ1n) is 8.70. The fourth-order valence-electron chi connectivity index (χ4n) is 3.44. The molecule has 138 valence electrons. The smallest absolute Gasteiger partial charge is 0.279 e. The first-order chi connectivity index (χ1) is 12.6. The van der Waals surface area contributed by atoms with Crippen LogP contribution >= 0.6 is 11.3 Å². The number of quaternary nitrogens is 1. The normalized spacial score (nSPS) is 19.2. The number of carbonyl (C=O) groups excluding carboxylic acids is 2. The number of rotatable bonds is 6. The van der Waals surface area contributed by atoms with E-state index in [4.69, 9.17) is 4.74 Å². The zero-order valence-corrected chi connectivity index (χ0v) is 15.8. The van der Waals surface area contributed by atoms with Gasteiger partial charge in [0, 0.05) is 25.5 Å². The van der Waals surface area contributed by atoms with Gasteiger partial charge in [-0.25, -0.2) is 0 Å². The van der Waals surface area contributed by atoms with Crippen LogP contribution in [0.4, 0.5) is 11.4 Å². The third-order valence-corrected chi connectivity index (χ3v) is 5.54. The summed E-state index contributed by atoms with van der Waals surface area (Å²) in [7, 11) is 1.56. The molecule has 2 atom stereocenters. The summed E-state index contributed by atoms with van der Waals surface area (Å²) in [5, 5.41) is 7.74. The number of likely N-dealkylation sites (tertiary alicyclic amines) is 1. The Morgan fingerprint density at radius 2 is 2.15 bits per heavy atom. The van der Waals surface area contributed by atoms with Crippen molar-refractivity contribution in [3.05, 3.63) is 40.6 Å². The van der Waals surface area contributed by atoms with Crippen molar-refractivity contribution in [2.75, 3.05) is 30.8 Å². The molecule has 2 aromatic rings. The highest BCUT2D eigenvalue weighted by molar-refractivity contribution is 7.10. The topological polar surface area (TPSA) is 71.9 Å². The van der Waals surface area contributed by atoms with E-state index in [1.54, 1.807) is 36.6 Å². The summed E-state index contributed by atoms with van der Waals surface area (Å²) in [5.74, 6) is 0.355. The summed E-state index contributed by atoms with van der Waals surface area (Å²) in [5.41, 5.74) is 1.19. The van der Waals surface area contributed by atoms with Gasteiger partial charge in [0.05, 0.1) is 24.2 Å². The molecule has 3 rings (SSSR count). The minimum Gasteiger partial charge on any atom is -0.495 e. The van der Waals surface area contributed by atoms with E-state index in [1.165, 1.54) is 16.7 Å². The summed E-state index contributed by atoms with van der Waals surface area (Å²) < 4.78 is 5.32. The molecule has 0 radical (unpaired) electrons. The molecule has 0 bridgehead atoms. The van der Waals surface area contributed by atoms with Crippen molar-refractivity contribution in [3.8, 4) is 5.75 Å². The molecule has 6 nitrogen and oxygen atoms in total. The Labute approximate surface area is 157 Å². The second-order valence-electron chi connectivity index (χ2n) is 6.44. The Kier molecular flexibility index (Phi) is 5.90. The fraction of sp³-hybridized carbons (Fsp3) is 0.368. The zero-order chi connectivity index (χ0) is 18.5. The van der Waals surface area contributed by atoms with E-state index < -0.39 is 0 Å². The second kappa shape index (κ2) is 8.33. The number of ether oxygens (including phenoxy) is 1. The monoisotopic (exact) mass is 374 g/mol. The van der Waals surface area contributed by atoms with Crippen LogP contribution in [0.2, 0.25) is 0 Å². The predicted molar refractivity (Wildman–Crippen MR) is 103 cm³/mol. The Morgan fingerprint density at radius 3 is 2.85 bits per heavy atom. The van der Waals surface area contributed by atoms with Crippen LogP contribution in [0.15, 0.2) is 35.7 Å². The molecule has 2 heterocycles. The van der Waals surface area contributed by atoms with Crippen LogP contribution in [0.1, 0.15) is 30.7 Å². The number of benzene rings is 1. The lowest BCUT2D eigenvalue weighted by atomic mass is 10.2. The van der Waals surface area contributed by atoms with Gasteiger partial charge in [0.1, 0.15) is 11.8 Å². The minimum atomic E-state index is -0.159. The van der Waals surface area contributed by atoms with Crippen LogP contribution in [-0.4, -0.2) is 32.0 Å². The zero-order valence-electron chi connectivity index (χ0n) is 15.0. The number of amides is 2. The lowest BCUT2D eigenvalue weighted by Gasteiger charge is -2.20. The van der Waals surface area contributed by atoms with E-state index in [2.05, 4.69) is 28.1 Å². The number of carbonyl (C=O) groups is 2. The van der Waals surface area contributed by atoms with E-state index in [9.17, 15) is 9.59 Å². The molecule has 2 amide bonds. The van der Waals surface area contributed by atoms with Gasteiger partial charge >= 0.3 is 0 Å². The van der Waals surface area contributed by atoms with Crippen molar-refractivity contribution < 1.29 is 19.2 Å². The number of thiophene rings is 1. The summed E-state index contributed by atoms with van der Waals surface area (Å²) in [6.45, 7) is 2.86. The maximum atomic E-state index is 12.6. The van der Waals surface area contributed by atoms with Gasteiger partial charge in [0.25, 0.3) is 5.91 Å². The van der Waals surface area contributed by atoms with Crippen LogP contribution in [-0.2, 0) is 9.59 Å². The molecule has 1 fully saturated rings. The summed E-state index contributed by atoms with van der Waals surface area (Å²) in [4.78, 5) is 26.5. The summed E-state index contributed by atoms with van der Waals surface area (Å²) in [6.07, 6.45) is 2.25. The average molecular weight is 374 g/mol. The van der Waals surface area contributed by atoms with Crippen LogP contribution in [0.3, 0.4) is 0 Å². The Hall–Kier alpha value is -2.38. The van der Waals surface area contributed by atoms with Crippen molar-refractivity contribution in [2.45, 2.75) is 25.8 Å². The number of hydrogen-bond donors (Lipinski definition) is 3. The van der Waals surface area contributed by atoms with E-state index in [1.807, 2.05) is 0 Å². The molecular formula is C19H24N3O3S+. The molecule has 1 aliphatic rings. The fourth-order valence-corrected chi connectivity index (χ4v) is 4.36. The largest absolute Gasteiger partial charge is 0.495 e. The van der Waals surface area contributed by atoms with Crippen LogP contribution < -0.4 is 20.3 Å². The standard InChI is InChI=1S/C19H23N3O3S/c1-13(23)20-14-7-8-17(25-2)15(11-14)21-19(24)12-22-9-3-5-16(22)18-6-4-10-26-18/h4,6-8,10-11,16H,3,5,9,12H2,1-2H3,(H,20,23)(H,21,24)/p+1/t16-/m0/s1. The minimum absolute atomic E-state index is 0.0540. The van der Waals surface area contributed by atoms with Gasteiger partial charge in [-0.15, -0.1) is 11.3 Å². The van der Waals surface area contributed by atoms with E-state index in [0.717, 1.165) is 19.4 Å². The lowest BCUT2D eigenvalue weighted by Crippen LogP contribution is -3.11. The highest BCUT2D eigenvalue weighted by atomic mass is 32.1. The summed E-state index contributed by atoms with van der Waals surface area (Å²) >= 11 is 1.76. The number of hydrogen-bond acceptors (Lipinski definition) is 4. The highest BCUT2D eigenvalue weighted by Gasteiger charge is 2.32. The number of nitrogens with one attached hydrogen (secondary N) is 3. The third kappa shape index (κ3) is 4.42. The van der Waals surface area contributed by atoms with E-state index >= 15 is 0 Å². The van der Waals surface area contributed by atoms with Gasteiger partial charge in [-0.3, -0.25) is 9.59 Å². The molecule has 0 aliphatic carbocycles. The van der Waals surface area contributed by atoms with Gasteiger partial charge in [-0.05, 0) is 29.6 Å². The van der Waals surface area contributed by atoms with Gasteiger partial charge < -0.3 is 20.3 Å². The lowest BCUT2D eigenvalue weighted by molar-refractivity contribution is -0.910. The quantitative estimate of drug-likeness (QED) is 0.725. The molecule has 0 spiro atoms. The van der Waals surface area contributed by atoms with Crippen molar-refractivity contribution in [2.24, 2.45) is 0 Å². The van der Waals surface area contributed by atoms with Crippen molar-refractivity contribution >= 4 is 34.5 Å². The molecule has 1 unspecified atom stereocenters. The van der Waals surface area contributed by atoms with Crippen molar-refractivity contribution in [1.82, 2.24) is 0 Å². The highest BCUT2D eigenvalue weighted by Crippen LogP contribution is 2.28. The number of anilines is 2. The molecule has 3 N–H and O–H groups in total.